The number of hydrogen-bond donors (Lipinski definition) is 0. The van der Waals surface area contributed by atoms with Gasteiger partial charge in [0.15, 0.2) is 0 Å². The first-order valence-electron chi connectivity index (χ1n) is 9.38. The molecule has 0 N–H and O–H groups in total. The van der Waals surface area contributed by atoms with Crippen LogP contribution in [0.5, 0.6) is 0 Å². The molecule has 0 spiro atoms. The van der Waals surface area contributed by atoms with Gasteiger partial charge in [0.25, 0.3) is 0 Å². The standard InChI is InChI=1S/C22H25N3O/c1-3-8-19(9-4-1)21-22(20-10-5-2-6-11-20)25(18-23-21)13-7-12-24-14-16-26-17-15-24/h1-6,8-11,18H,7,12-17H2. The van der Waals surface area contributed by atoms with Gasteiger partial charge in [0, 0.05) is 37.3 Å². The van der Waals surface area contributed by atoms with Gasteiger partial charge in [0.05, 0.1) is 30.9 Å². The van der Waals surface area contributed by atoms with E-state index in [9.17, 15) is 0 Å². The average molecular weight is 347 g/mol. The lowest BCUT2D eigenvalue weighted by Crippen LogP contribution is -2.37. The van der Waals surface area contributed by atoms with E-state index in [4.69, 9.17) is 9.72 Å². The normalized spacial score (nSPS) is 15.2. The van der Waals surface area contributed by atoms with Crippen LogP contribution in [0.15, 0.2) is 67.0 Å². The molecule has 0 aliphatic carbocycles. The lowest BCUT2D eigenvalue weighted by atomic mass is 10.0. The molecule has 26 heavy (non-hydrogen) atoms. The Morgan fingerprint density at radius 2 is 1.46 bits per heavy atom. The molecule has 4 heteroatoms. The number of aromatic nitrogens is 2. The molecule has 1 fully saturated rings. The van der Waals surface area contributed by atoms with Crippen LogP contribution in [0.2, 0.25) is 0 Å². The second kappa shape index (κ2) is 8.30. The number of nitrogens with zero attached hydrogens (tertiary/aromatic N) is 3. The maximum absolute atomic E-state index is 5.44. The summed E-state index contributed by atoms with van der Waals surface area (Å²) in [7, 11) is 0. The largest absolute Gasteiger partial charge is 0.379 e. The summed E-state index contributed by atoms with van der Waals surface area (Å²) in [5.41, 5.74) is 4.65. The van der Waals surface area contributed by atoms with Crippen LogP contribution in [0.25, 0.3) is 22.5 Å². The highest BCUT2D eigenvalue weighted by Crippen LogP contribution is 2.31. The molecule has 0 amide bonds. The van der Waals surface area contributed by atoms with E-state index in [1.165, 1.54) is 16.8 Å². The lowest BCUT2D eigenvalue weighted by Gasteiger charge is -2.26. The molecule has 0 unspecified atom stereocenters. The summed E-state index contributed by atoms with van der Waals surface area (Å²) in [6, 6.07) is 21.0. The zero-order chi connectivity index (χ0) is 17.6. The van der Waals surface area contributed by atoms with Crippen LogP contribution < -0.4 is 0 Å². The van der Waals surface area contributed by atoms with E-state index in [-0.39, 0.29) is 0 Å². The van der Waals surface area contributed by atoms with E-state index in [1.54, 1.807) is 0 Å². The van der Waals surface area contributed by atoms with Crippen molar-refractivity contribution >= 4 is 0 Å². The maximum Gasteiger partial charge on any atom is 0.0963 e. The Morgan fingerprint density at radius 1 is 0.808 bits per heavy atom. The fourth-order valence-electron chi connectivity index (χ4n) is 3.55. The van der Waals surface area contributed by atoms with Crippen LogP contribution in [0.1, 0.15) is 6.42 Å². The highest BCUT2D eigenvalue weighted by atomic mass is 16.5. The minimum atomic E-state index is 0.860. The molecular formula is C22H25N3O. The third-order valence-corrected chi connectivity index (χ3v) is 4.91. The molecule has 1 aliphatic heterocycles. The van der Waals surface area contributed by atoms with Gasteiger partial charge in [0.2, 0.25) is 0 Å². The zero-order valence-electron chi connectivity index (χ0n) is 15.1. The Bertz CT molecular complexity index is 808. The van der Waals surface area contributed by atoms with Crippen LogP contribution in [-0.2, 0) is 11.3 Å². The van der Waals surface area contributed by atoms with Gasteiger partial charge >= 0.3 is 0 Å². The molecular weight excluding hydrogens is 322 g/mol. The van der Waals surface area contributed by atoms with Gasteiger partial charge < -0.3 is 9.30 Å². The van der Waals surface area contributed by atoms with E-state index in [0.29, 0.717) is 0 Å². The van der Waals surface area contributed by atoms with Gasteiger partial charge in [-0.05, 0) is 6.42 Å². The van der Waals surface area contributed by atoms with Crippen molar-refractivity contribution in [2.75, 3.05) is 32.8 Å². The number of morpholine rings is 1. The van der Waals surface area contributed by atoms with Crippen LogP contribution in [-0.4, -0.2) is 47.3 Å². The number of aryl methyl sites for hydroxylation is 1. The maximum atomic E-state index is 5.44. The summed E-state index contributed by atoms with van der Waals surface area (Å²) in [6.07, 6.45) is 3.11. The van der Waals surface area contributed by atoms with Crippen LogP contribution in [0.3, 0.4) is 0 Å². The first-order valence-corrected chi connectivity index (χ1v) is 9.38. The van der Waals surface area contributed by atoms with Crippen LogP contribution >= 0.6 is 0 Å². The highest BCUT2D eigenvalue weighted by Gasteiger charge is 2.15. The van der Waals surface area contributed by atoms with Gasteiger partial charge in [-0.3, -0.25) is 4.90 Å². The Labute approximate surface area is 155 Å². The van der Waals surface area contributed by atoms with Crippen molar-refractivity contribution in [3.63, 3.8) is 0 Å². The molecule has 134 valence electrons. The van der Waals surface area contributed by atoms with Crippen molar-refractivity contribution in [3.05, 3.63) is 67.0 Å². The van der Waals surface area contributed by atoms with Crippen molar-refractivity contribution in [1.82, 2.24) is 14.5 Å². The van der Waals surface area contributed by atoms with E-state index in [0.717, 1.165) is 51.5 Å². The predicted octanol–water partition coefficient (Wildman–Crippen LogP) is 3.94. The van der Waals surface area contributed by atoms with Gasteiger partial charge in [0.1, 0.15) is 0 Å². The average Bonchev–Trinajstić information content (AvgIpc) is 3.14. The van der Waals surface area contributed by atoms with Crippen molar-refractivity contribution < 1.29 is 4.74 Å². The third-order valence-electron chi connectivity index (χ3n) is 4.91. The second-order valence-electron chi connectivity index (χ2n) is 6.67. The monoisotopic (exact) mass is 347 g/mol. The van der Waals surface area contributed by atoms with Crippen molar-refractivity contribution in [2.45, 2.75) is 13.0 Å². The molecule has 0 radical (unpaired) electrons. The molecule has 0 atom stereocenters. The van der Waals surface area contributed by atoms with Gasteiger partial charge in [-0.25, -0.2) is 4.98 Å². The molecule has 2 aromatic carbocycles. The summed E-state index contributed by atoms with van der Waals surface area (Å²) in [5.74, 6) is 0. The summed E-state index contributed by atoms with van der Waals surface area (Å²) in [6.45, 7) is 5.89. The fourth-order valence-corrected chi connectivity index (χ4v) is 3.55. The lowest BCUT2D eigenvalue weighted by molar-refractivity contribution is 0.0369. The van der Waals surface area contributed by atoms with Crippen molar-refractivity contribution in [3.8, 4) is 22.5 Å². The Balaban J connectivity index is 1.57. The Hall–Kier alpha value is -2.43. The van der Waals surface area contributed by atoms with E-state index in [2.05, 4.69) is 64.1 Å². The molecule has 1 aromatic heterocycles. The van der Waals surface area contributed by atoms with E-state index >= 15 is 0 Å². The number of hydrogen-bond acceptors (Lipinski definition) is 3. The first kappa shape index (κ1) is 17.0. The second-order valence-corrected chi connectivity index (χ2v) is 6.67. The summed E-state index contributed by atoms with van der Waals surface area (Å²) < 4.78 is 7.74. The van der Waals surface area contributed by atoms with E-state index < -0.39 is 0 Å². The predicted molar refractivity (Wildman–Crippen MR) is 105 cm³/mol. The Morgan fingerprint density at radius 3 is 2.15 bits per heavy atom. The van der Waals surface area contributed by atoms with Crippen molar-refractivity contribution in [2.24, 2.45) is 0 Å². The molecule has 4 rings (SSSR count). The molecule has 4 nitrogen and oxygen atoms in total. The smallest absolute Gasteiger partial charge is 0.0963 e. The van der Waals surface area contributed by atoms with E-state index in [1.807, 2.05) is 12.4 Å². The summed E-state index contributed by atoms with van der Waals surface area (Å²) in [5, 5.41) is 0. The zero-order valence-corrected chi connectivity index (χ0v) is 15.1. The highest BCUT2D eigenvalue weighted by molar-refractivity contribution is 5.78. The Kier molecular flexibility index (Phi) is 5.43. The minimum Gasteiger partial charge on any atom is -0.379 e. The van der Waals surface area contributed by atoms with Gasteiger partial charge in [-0.2, -0.15) is 0 Å². The number of ether oxygens (including phenoxy) is 1. The topological polar surface area (TPSA) is 30.3 Å². The molecule has 2 heterocycles. The summed E-state index contributed by atoms with van der Waals surface area (Å²) in [4.78, 5) is 7.24. The van der Waals surface area contributed by atoms with Gasteiger partial charge in [-0.15, -0.1) is 0 Å². The molecule has 1 saturated heterocycles. The number of benzene rings is 2. The molecule has 3 aromatic rings. The third kappa shape index (κ3) is 3.87. The SMILES string of the molecule is c1ccc(-c2ncn(CCCN3CCOCC3)c2-c2ccccc2)cc1. The summed E-state index contributed by atoms with van der Waals surface area (Å²) >= 11 is 0. The number of rotatable bonds is 6. The molecule has 0 saturated carbocycles. The minimum absolute atomic E-state index is 0.860. The fraction of sp³-hybridized carbons (Fsp3) is 0.318. The quantitative estimate of drug-likeness (QED) is 0.677. The van der Waals surface area contributed by atoms with Crippen molar-refractivity contribution in [1.29, 1.82) is 0 Å². The first-order chi connectivity index (χ1) is 12.9. The van der Waals surface area contributed by atoms with Gasteiger partial charge in [-0.1, -0.05) is 60.7 Å². The molecule has 1 aliphatic rings. The molecule has 0 bridgehead atoms. The van der Waals surface area contributed by atoms with Crippen LogP contribution in [0.4, 0.5) is 0 Å². The number of imidazole rings is 1. The van der Waals surface area contributed by atoms with Crippen LogP contribution in [0, 0.1) is 0 Å².